The lowest BCUT2D eigenvalue weighted by atomic mass is 9.93. The fraction of sp³-hybridized carbons (Fsp3) is 0.400. The summed E-state index contributed by atoms with van der Waals surface area (Å²) in [6, 6.07) is 9.40. The number of rotatable bonds is 5. The molecule has 1 fully saturated rings. The molecule has 2 aliphatic rings. The van der Waals surface area contributed by atoms with Gasteiger partial charge in [-0.3, -0.25) is 15.1 Å². The van der Waals surface area contributed by atoms with Crippen LogP contribution >= 0.6 is 11.8 Å². The molecular formula is C20H23N3O3S. The van der Waals surface area contributed by atoms with Crippen LogP contribution in [-0.4, -0.2) is 33.5 Å². The zero-order valence-corrected chi connectivity index (χ0v) is 16.0. The van der Waals surface area contributed by atoms with Crippen LogP contribution in [0.25, 0.3) is 0 Å². The van der Waals surface area contributed by atoms with E-state index in [0.717, 1.165) is 36.3 Å². The normalized spacial score (nSPS) is 24.1. The van der Waals surface area contributed by atoms with Gasteiger partial charge in [0.1, 0.15) is 22.7 Å². The SMILES string of the molecule is CC(=O)c1cc(Oc2ccc3c(c2)SC(N[C@@H]2CCCC[C@H]2O)N3)ccn1. The van der Waals surface area contributed by atoms with Gasteiger partial charge in [-0.05, 0) is 37.1 Å². The predicted octanol–water partition coefficient (Wildman–Crippen LogP) is 3.77. The van der Waals surface area contributed by atoms with Crippen molar-refractivity contribution in [2.45, 2.75) is 55.1 Å². The minimum atomic E-state index is -0.272. The summed E-state index contributed by atoms with van der Waals surface area (Å²) < 4.78 is 5.90. The molecule has 0 spiro atoms. The van der Waals surface area contributed by atoms with Crippen LogP contribution in [0.15, 0.2) is 41.4 Å². The molecule has 1 saturated carbocycles. The third-order valence-electron chi connectivity index (χ3n) is 4.91. The predicted molar refractivity (Wildman–Crippen MR) is 105 cm³/mol. The quantitative estimate of drug-likeness (QED) is 0.676. The van der Waals surface area contributed by atoms with Crippen LogP contribution in [0.1, 0.15) is 43.1 Å². The van der Waals surface area contributed by atoms with E-state index in [1.807, 2.05) is 18.2 Å². The number of pyridine rings is 1. The first-order chi connectivity index (χ1) is 13.1. The Hall–Kier alpha value is -2.09. The molecule has 1 unspecified atom stereocenters. The number of ketones is 1. The van der Waals surface area contributed by atoms with Gasteiger partial charge in [-0.1, -0.05) is 24.6 Å². The number of fused-ring (bicyclic) bond motifs is 1. The molecule has 3 N–H and O–H groups in total. The third-order valence-corrected chi connectivity index (χ3v) is 5.99. The van der Waals surface area contributed by atoms with E-state index in [1.165, 1.54) is 6.92 Å². The lowest BCUT2D eigenvalue weighted by molar-refractivity contribution is 0.0909. The largest absolute Gasteiger partial charge is 0.457 e. The Morgan fingerprint density at radius 3 is 2.89 bits per heavy atom. The Morgan fingerprint density at radius 1 is 1.26 bits per heavy atom. The van der Waals surface area contributed by atoms with Gasteiger partial charge in [-0.2, -0.15) is 0 Å². The number of thioether (sulfide) groups is 1. The van der Waals surface area contributed by atoms with Gasteiger partial charge in [-0.25, -0.2) is 0 Å². The molecule has 142 valence electrons. The van der Waals surface area contributed by atoms with Crippen LogP contribution in [0.3, 0.4) is 0 Å². The van der Waals surface area contributed by atoms with Gasteiger partial charge in [0.15, 0.2) is 5.78 Å². The molecule has 1 aliphatic heterocycles. The van der Waals surface area contributed by atoms with E-state index < -0.39 is 0 Å². The van der Waals surface area contributed by atoms with Crippen molar-refractivity contribution in [2.24, 2.45) is 0 Å². The lowest BCUT2D eigenvalue weighted by Gasteiger charge is -2.30. The van der Waals surface area contributed by atoms with Crippen molar-refractivity contribution in [3.8, 4) is 11.5 Å². The zero-order chi connectivity index (χ0) is 18.8. The van der Waals surface area contributed by atoms with Gasteiger partial charge in [0.05, 0.1) is 11.8 Å². The number of nitrogens with zero attached hydrogens (tertiary/aromatic N) is 1. The topological polar surface area (TPSA) is 83.5 Å². The van der Waals surface area contributed by atoms with E-state index in [0.29, 0.717) is 17.2 Å². The van der Waals surface area contributed by atoms with Crippen LogP contribution in [0, 0.1) is 0 Å². The van der Waals surface area contributed by atoms with Crippen molar-refractivity contribution < 1.29 is 14.6 Å². The smallest absolute Gasteiger partial charge is 0.178 e. The molecule has 0 amide bonds. The van der Waals surface area contributed by atoms with E-state index in [1.54, 1.807) is 30.1 Å². The highest BCUT2D eigenvalue weighted by Gasteiger charge is 2.29. The molecule has 6 nitrogen and oxygen atoms in total. The molecule has 1 aliphatic carbocycles. The van der Waals surface area contributed by atoms with Crippen LogP contribution in [0.4, 0.5) is 5.69 Å². The van der Waals surface area contributed by atoms with Crippen molar-refractivity contribution in [1.29, 1.82) is 0 Å². The summed E-state index contributed by atoms with van der Waals surface area (Å²) in [6.07, 6.45) is 5.44. The molecule has 2 aromatic rings. The molecule has 0 bridgehead atoms. The summed E-state index contributed by atoms with van der Waals surface area (Å²) in [5.74, 6) is 1.21. The van der Waals surface area contributed by atoms with Gasteiger partial charge in [0.2, 0.25) is 0 Å². The summed E-state index contributed by atoms with van der Waals surface area (Å²) in [4.78, 5) is 16.6. The maximum Gasteiger partial charge on any atom is 0.178 e. The van der Waals surface area contributed by atoms with Crippen LogP contribution < -0.4 is 15.4 Å². The first-order valence-corrected chi connectivity index (χ1v) is 10.1. The maximum atomic E-state index is 11.5. The fourth-order valence-electron chi connectivity index (χ4n) is 3.46. The van der Waals surface area contributed by atoms with E-state index >= 15 is 0 Å². The molecule has 1 aromatic carbocycles. The fourth-order valence-corrected chi connectivity index (χ4v) is 4.58. The van der Waals surface area contributed by atoms with Gasteiger partial charge in [0, 0.05) is 30.1 Å². The molecule has 2 heterocycles. The van der Waals surface area contributed by atoms with E-state index in [2.05, 4.69) is 15.6 Å². The molecule has 7 heteroatoms. The molecule has 3 atom stereocenters. The summed E-state index contributed by atoms with van der Waals surface area (Å²) in [6.45, 7) is 1.49. The number of carbonyl (C=O) groups excluding carboxylic acids is 1. The number of hydrogen-bond donors (Lipinski definition) is 3. The highest BCUT2D eigenvalue weighted by atomic mass is 32.2. The Kier molecular flexibility index (Phi) is 5.33. The lowest BCUT2D eigenvalue weighted by Crippen LogP contribution is -2.47. The minimum Gasteiger partial charge on any atom is -0.457 e. The van der Waals surface area contributed by atoms with Gasteiger partial charge >= 0.3 is 0 Å². The third kappa shape index (κ3) is 4.26. The highest BCUT2D eigenvalue weighted by molar-refractivity contribution is 8.00. The van der Waals surface area contributed by atoms with Gasteiger partial charge in [-0.15, -0.1) is 0 Å². The van der Waals surface area contributed by atoms with Crippen LogP contribution in [0.5, 0.6) is 11.5 Å². The zero-order valence-electron chi connectivity index (χ0n) is 15.1. The Bertz CT molecular complexity index is 845. The Labute approximate surface area is 162 Å². The standard InChI is InChI=1S/C20H23N3O3S/c1-12(24)17-10-14(8-9-21-17)26-13-6-7-16-19(11-13)27-20(23-16)22-15-4-2-3-5-18(15)25/h6-11,15,18,20,22-23,25H,2-5H2,1H3/t15-,18-,20?/m1/s1. The number of nitrogens with one attached hydrogen (secondary N) is 2. The van der Waals surface area contributed by atoms with Gasteiger partial charge < -0.3 is 15.2 Å². The molecule has 4 rings (SSSR count). The summed E-state index contributed by atoms with van der Waals surface area (Å²) >= 11 is 1.68. The second-order valence-electron chi connectivity index (χ2n) is 6.96. The van der Waals surface area contributed by atoms with Gasteiger partial charge in [0.25, 0.3) is 0 Å². The minimum absolute atomic E-state index is 0.0400. The van der Waals surface area contributed by atoms with Crippen molar-refractivity contribution in [3.63, 3.8) is 0 Å². The number of aliphatic hydroxyl groups is 1. The van der Waals surface area contributed by atoms with E-state index in [4.69, 9.17) is 4.74 Å². The molecular weight excluding hydrogens is 362 g/mol. The summed E-state index contributed by atoms with van der Waals surface area (Å²) in [7, 11) is 0. The number of ether oxygens (including phenoxy) is 1. The number of benzene rings is 1. The molecule has 27 heavy (non-hydrogen) atoms. The van der Waals surface area contributed by atoms with E-state index in [9.17, 15) is 9.90 Å². The van der Waals surface area contributed by atoms with Crippen LogP contribution in [0.2, 0.25) is 0 Å². The van der Waals surface area contributed by atoms with E-state index in [-0.39, 0.29) is 23.4 Å². The summed E-state index contributed by atoms with van der Waals surface area (Å²) in [5.41, 5.74) is 1.48. The Morgan fingerprint density at radius 2 is 2.07 bits per heavy atom. The Balaban J connectivity index is 1.42. The first-order valence-electron chi connectivity index (χ1n) is 9.25. The van der Waals surface area contributed by atoms with Crippen molar-refractivity contribution in [3.05, 3.63) is 42.2 Å². The van der Waals surface area contributed by atoms with Crippen LogP contribution in [-0.2, 0) is 0 Å². The number of aromatic nitrogens is 1. The average Bonchev–Trinajstić information content (AvgIpc) is 3.05. The first kappa shape index (κ1) is 18.3. The second kappa shape index (κ2) is 7.88. The van der Waals surface area contributed by atoms with Crippen molar-refractivity contribution in [2.75, 3.05) is 5.32 Å². The number of aliphatic hydroxyl groups excluding tert-OH is 1. The molecule has 1 aromatic heterocycles. The molecule has 0 saturated heterocycles. The maximum absolute atomic E-state index is 11.5. The summed E-state index contributed by atoms with van der Waals surface area (Å²) in [5, 5.41) is 17.1. The monoisotopic (exact) mass is 385 g/mol. The van der Waals surface area contributed by atoms with Crippen molar-refractivity contribution in [1.82, 2.24) is 10.3 Å². The average molecular weight is 385 g/mol. The number of anilines is 1. The number of carbonyl (C=O) groups is 1. The highest BCUT2D eigenvalue weighted by Crippen LogP contribution is 2.40. The number of hydrogen-bond acceptors (Lipinski definition) is 7. The molecule has 0 radical (unpaired) electrons. The second-order valence-corrected chi connectivity index (χ2v) is 8.11. The number of Topliss-reactive ketones (excluding diaryl/α,β-unsaturated/α-hetero) is 1. The van der Waals surface area contributed by atoms with Crippen molar-refractivity contribution >= 4 is 23.2 Å².